The maximum absolute atomic E-state index is 5.58. The van der Waals surface area contributed by atoms with E-state index in [-0.39, 0.29) is 5.41 Å². The van der Waals surface area contributed by atoms with Gasteiger partial charge in [-0.25, -0.2) is 15.0 Å². The molecule has 0 saturated heterocycles. The summed E-state index contributed by atoms with van der Waals surface area (Å²) in [6, 6.07) is 49.3. The van der Waals surface area contributed by atoms with Gasteiger partial charge in [0.2, 0.25) is 0 Å². The Morgan fingerprint density at radius 3 is 1.58 bits per heavy atom. The topological polar surface area (TPSA) is 38.7 Å². The highest BCUT2D eigenvalue weighted by atomic mass is 14.9. The molecule has 0 bridgehead atoms. The Balaban J connectivity index is 1.37. The first-order valence-corrected chi connectivity index (χ1v) is 16.7. The molecule has 0 unspecified atom stereocenters. The van der Waals surface area contributed by atoms with E-state index >= 15 is 0 Å². The third kappa shape index (κ3) is 4.10. The molecule has 0 saturated carbocycles. The minimum Gasteiger partial charge on any atom is -0.247 e. The van der Waals surface area contributed by atoms with Gasteiger partial charge in [-0.2, -0.15) is 0 Å². The Morgan fingerprint density at radius 2 is 0.917 bits per heavy atom. The normalized spacial score (nSPS) is 14.6. The lowest BCUT2D eigenvalue weighted by atomic mass is 9.76. The van der Waals surface area contributed by atoms with Crippen molar-refractivity contribution in [1.82, 2.24) is 15.0 Å². The van der Waals surface area contributed by atoms with E-state index in [2.05, 4.69) is 155 Å². The first kappa shape index (κ1) is 28.5. The smallest absolute Gasteiger partial charge is 0.0973 e. The summed E-state index contributed by atoms with van der Waals surface area (Å²) < 4.78 is 0. The van der Waals surface area contributed by atoms with Crippen LogP contribution in [0.4, 0.5) is 0 Å². The SMILES string of the molecule is CC1(C)c2ccccc2-c2cccc(-c3nc(-c4ccccc4)cc4c3C(C)(C)c3nc(-c5ccccc5)c(-c5ccccc5)nc3-4)c21. The molecular weight excluding hydrogens is 583 g/mol. The largest absolute Gasteiger partial charge is 0.247 e. The van der Waals surface area contributed by atoms with Gasteiger partial charge in [-0.05, 0) is 47.7 Å². The van der Waals surface area contributed by atoms with Gasteiger partial charge in [-0.1, -0.05) is 147 Å². The second kappa shape index (κ2) is 10.4. The minimum absolute atomic E-state index is 0.188. The molecule has 7 aromatic rings. The molecule has 2 aromatic heterocycles. The summed E-state index contributed by atoms with van der Waals surface area (Å²) in [5.74, 6) is 0. The average molecular weight is 618 g/mol. The van der Waals surface area contributed by atoms with E-state index in [0.717, 1.165) is 56.4 Å². The molecule has 0 aliphatic heterocycles. The third-order valence-corrected chi connectivity index (χ3v) is 10.4. The van der Waals surface area contributed by atoms with Gasteiger partial charge in [0.1, 0.15) is 0 Å². The second-order valence-corrected chi connectivity index (χ2v) is 14.0. The second-order valence-electron chi connectivity index (χ2n) is 14.0. The Bertz CT molecular complexity index is 2370. The van der Waals surface area contributed by atoms with Crippen molar-refractivity contribution in [2.75, 3.05) is 0 Å². The summed E-state index contributed by atoms with van der Waals surface area (Å²) in [6.45, 7) is 9.28. The summed E-state index contributed by atoms with van der Waals surface area (Å²) in [5.41, 5.74) is 17.0. The maximum Gasteiger partial charge on any atom is 0.0973 e. The van der Waals surface area contributed by atoms with Gasteiger partial charge in [0.25, 0.3) is 0 Å². The molecule has 230 valence electrons. The minimum atomic E-state index is -0.452. The van der Waals surface area contributed by atoms with Gasteiger partial charge < -0.3 is 0 Å². The highest BCUT2D eigenvalue weighted by molar-refractivity contribution is 5.94. The van der Waals surface area contributed by atoms with Crippen LogP contribution < -0.4 is 0 Å². The van der Waals surface area contributed by atoms with Crippen LogP contribution in [0.1, 0.15) is 50.1 Å². The standard InChI is InChI=1S/C45H35N3/c1-44(2)35-26-15-14-23-31(35)32-24-16-25-33(37(32)44)41-38-34(27-36(46-41)28-17-8-5-9-18-28)42-43(45(38,3)4)48-40(30-21-12-7-13-22-30)39(47-42)29-19-10-6-11-20-29/h5-27H,1-4H3. The lowest BCUT2D eigenvalue weighted by Gasteiger charge is -2.28. The van der Waals surface area contributed by atoms with Crippen molar-refractivity contribution in [3.63, 3.8) is 0 Å². The van der Waals surface area contributed by atoms with Crippen LogP contribution >= 0.6 is 0 Å². The number of rotatable bonds is 4. The van der Waals surface area contributed by atoms with Crippen molar-refractivity contribution < 1.29 is 0 Å². The van der Waals surface area contributed by atoms with Crippen LogP contribution in [0, 0.1) is 0 Å². The fourth-order valence-electron chi connectivity index (χ4n) is 8.13. The first-order chi connectivity index (χ1) is 23.3. The summed E-state index contributed by atoms with van der Waals surface area (Å²) in [5, 5.41) is 0. The summed E-state index contributed by atoms with van der Waals surface area (Å²) in [4.78, 5) is 16.7. The predicted octanol–water partition coefficient (Wildman–Crippen LogP) is 11.2. The predicted molar refractivity (Wildman–Crippen MR) is 197 cm³/mol. The molecule has 3 heteroatoms. The number of nitrogens with zero attached hydrogens (tertiary/aromatic N) is 3. The highest BCUT2D eigenvalue weighted by Crippen LogP contribution is 2.56. The van der Waals surface area contributed by atoms with E-state index in [9.17, 15) is 0 Å². The van der Waals surface area contributed by atoms with E-state index < -0.39 is 5.41 Å². The molecule has 2 heterocycles. The molecule has 0 atom stereocenters. The number of aromatic nitrogens is 3. The number of benzene rings is 5. The number of hydrogen-bond donors (Lipinski definition) is 0. The third-order valence-electron chi connectivity index (χ3n) is 10.4. The van der Waals surface area contributed by atoms with Gasteiger partial charge in [0, 0.05) is 38.6 Å². The number of pyridine rings is 1. The maximum atomic E-state index is 5.58. The quantitative estimate of drug-likeness (QED) is 0.197. The van der Waals surface area contributed by atoms with Crippen LogP contribution in [0.25, 0.3) is 67.4 Å². The van der Waals surface area contributed by atoms with Crippen LogP contribution in [0.15, 0.2) is 140 Å². The zero-order valence-electron chi connectivity index (χ0n) is 27.6. The fourth-order valence-corrected chi connectivity index (χ4v) is 8.13. The van der Waals surface area contributed by atoms with Gasteiger partial charge in [-0.3, -0.25) is 0 Å². The molecule has 0 spiro atoms. The average Bonchev–Trinajstić information content (AvgIpc) is 3.51. The van der Waals surface area contributed by atoms with Gasteiger partial charge in [0.05, 0.1) is 34.2 Å². The Kier molecular flexibility index (Phi) is 6.20. The molecular formula is C45H35N3. The fraction of sp³-hybridized carbons (Fsp3) is 0.133. The summed E-state index contributed by atoms with van der Waals surface area (Å²) >= 11 is 0. The van der Waals surface area contributed by atoms with Gasteiger partial charge in [0.15, 0.2) is 0 Å². The number of hydrogen-bond acceptors (Lipinski definition) is 3. The Labute approximate surface area is 282 Å². The number of fused-ring (bicyclic) bond motifs is 6. The molecule has 5 aromatic carbocycles. The van der Waals surface area contributed by atoms with Crippen molar-refractivity contribution in [2.45, 2.75) is 38.5 Å². The molecule has 2 aliphatic rings. The van der Waals surface area contributed by atoms with E-state index in [1.165, 1.54) is 33.4 Å². The molecule has 2 aliphatic carbocycles. The van der Waals surface area contributed by atoms with Crippen LogP contribution in [0.2, 0.25) is 0 Å². The van der Waals surface area contributed by atoms with Crippen LogP contribution in [0.3, 0.4) is 0 Å². The summed E-state index contributed by atoms with van der Waals surface area (Å²) in [7, 11) is 0. The van der Waals surface area contributed by atoms with Crippen LogP contribution in [-0.4, -0.2) is 15.0 Å². The zero-order valence-corrected chi connectivity index (χ0v) is 27.6. The first-order valence-electron chi connectivity index (χ1n) is 16.7. The van der Waals surface area contributed by atoms with Crippen LogP contribution in [-0.2, 0) is 10.8 Å². The molecule has 0 amide bonds. The van der Waals surface area contributed by atoms with Crippen molar-refractivity contribution in [3.8, 4) is 67.4 Å². The molecule has 3 nitrogen and oxygen atoms in total. The molecule has 48 heavy (non-hydrogen) atoms. The van der Waals surface area contributed by atoms with E-state index in [0.29, 0.717) is 0 Å². The molecule has 0 radical (unpaired) electrons. The van der Waals surface area contributed by atoms with E-state index in [1.807, 2.05) is 12.1 Å². The lowest BCUT2D eigenvalue weighted by molar-refractivity contribution is 0.633. The van der Waals surface area contributed by atoms with Crippen LogP contribution in [0.5, 0.6) is 0 Å². The van der Waals surface area contributed by atoms with Gasteiger partial charge in [-0.15, -0.1) is 0 Å². The molecule has 9 rings (SSSR count). The monoisotopic (exact) mass is 617 g/mol. The lowest BCUT2D eigenvalue weighted by Crippen LogP contribution is -2.21. The Hall–Kier alpha value is -5.67. The zero-order chi connectivity index (χ0) is 32.6. The highest BCUT2D eigenvalue weighted by Gasteiger charge is 2.44. The molecule has 0 N–H and O–H groups in total. The van der Waals surface area contributed by atoms with E-state index in [4.69, 9.17) is 15.0 Å². The van der Waals surface area contributed by atoms with Gasteiger partial charge >= 0.3 is 0 Å². The summed E-state index contributed by atoms with van der Waals surface area (Å²) in [6.07, 6.45) is 0. The van der Waals surface area contributed by atoms with Crippen molar-refractivity contribution >= 4 is 0 Å². The van der Waals surface area contributed by atoms with Crippen molar-refractivity contribution in [1.29, 1.82) is 0 Å². The van der Waals surface area contributed by atoms with Crippen molar-refractivity contribution in [2.24, 2.45) is 0 Å². The molecule has 0 fully saturated rings. The van der Waals surface area contributed by atoms with Crippen molar-refractivity contribution in [3.05, 3.63) is 162 Å². The Morgan fingerprint density at radius 1 is 0.375 bits per heavy atom. The van der Waals surface area contributed by atoms with E-state index in [1.54, 1.807) is 0 Å².